The molecule has 154 valence electrons. The minimum atomic E-state index is 0. The van der Waals surface area contributed by atoms with Crippen LogP contribution in [-0.2, 0) is 9.68 Å². The number of hydrogen-bond acceptors (Lipinski definition) is 6. The molecule has 2 aromatic carbocycles. The van der Waals surface area contributed by atoms with E-state index >= 15 is 0 Å². The molecule has 0 amide bonds. The number of nitrogens with zero attached hydrogens (tertiary/aromatic N) is 3. The summed E-state index contributed by atoms with van der Waals surface area (Å²) < 4.78 is 5.48. The monoisotopic (exact) mass is 437 g/mol. The molecular formula is C19H21Cl2N5O3. The Morgan fingerprint density at radius 3 is 2.07 bits per heavy atom. The Bertz CT molecular complexity index is 988. The molecule has 10 heteroatoms. The van der Waals surface area contributed by atoms with Gasteiger partial charge in [-0.1, -0.05) is 57.9 Å². The van der Waals surface area contributed by atoms with Crippen molar-refractivity contribution >= 4 is 36.5 Å². The molecule has 0 unspecified atom stereocenters. The van der Waals surface area contributed by atoms with Crippen molar-refractivity contribution in [3.63, 3.8) is 0 Å². The number of hydrogen-bond donors (Lipinski definition) is 2. The molecule has 0 aliphatic heterocycles. The predicted octanol–water partition coefficient (Wildman–Crippen LogP) is 3.39. The van der Waals surface area contributed by atoms with Crippen LogP contribution < -0.4 is 11.5 Å². The molecule has 0 saturated heterocycles. The normalized spacial score (nSPS) is 11.2. The van der Waals surface area contributed by atoms with Crippen LogP contribution in [0.2, 0.25) is 0 Å². The second kappa shape index (κ2) is 10.9. The van der Waals surface area contributed by atoms with Gasteiger partial charge >= 0.3 is 0 Å². The fourth-order valence-electron chi connectivity index (χ4n) is 2.49. The summed E-state index contributed by atoms with van der Waals surface area (Å²) in [5, 5.41) is 11.6. The van der Waals surface area contributed by atoms with Crippen LogP contribution in [0.25, 0.3) is 22.6 Å². The SMILES string of the molecule is CO/N=C(\N)c1ccc(-c2cc(-c3cccc(/C(N)=N/OC)c3)no2)cc1.Cl.Cl. The van der Waals surface area contributed by atoms with Gasteiger partial charge in [0.25, 0.3) is 0 Å². The lowest BCUT2D eigenvalue weighted by Crippen LogP contribution is -2.13. The first-order chi connectivity index (χ1) is 13.1. The van der Waals surface area contributed by atoms with Gasteiger partial charge in [-0.2, -0.15) is 0 Å². The molecule has 4 N–H and O–H groups in total. The minimum Gasteiger partial charge on any atom is -0.397 e. The van der Waals surface area contributed by atoms with Crippen LogP contribution >= 0.6 is 24.8 Å². The zero-order valence-electron chi connectivity index (χ0n) is 15.7. The van der Waals surface area contributed by atoms with Gasteiger partial charge in [0.1, 0.15) is 19.9 Å². The van der Waals surface area contributed by atoms with Gasteiger partial charge in [0.2, 0.25) is 0 Å². The van der Waals surface area contributed by atoms with E-state index in [0.717, 1.165) is 22.3 Å². The summed E-state index contributed by atoms with van der Waals surface area (Å²) in [6, 6.07) is 16.7. The summed E-state index contributed by atoms with van der Waals surface area (Å²) in [6.07, 6.45) is 0. The smallest absolute Gasteiger partial charge is 0.170 e. The van der Waals surface area contributed by atoms with Crippen LogP contribution in [0.4, 0.5) is 0 Å². The van der Waals surface area contributed by atoms with Crippen LogP contribution in [0, 0.1) is 0 Å². The molecule has 0 aliphatic rings. The van der Waals surface area contributed by atoms with Crippen molar-refractivity contribution in [3.05, 3.63) is 65.7 Å². The van der Waals surface area contributed by atoms with Gasteiger partial charge in [-0.15, -0.1) is 24.8 Å². The summed E-state index contributed by atoms with van der Waals surface area (Å²) in [7, 11) is 2.89. The Hall–Kier alpha value is -3.23. The lowest BCUT2D eigenvalue weighted by Gasteiger charge is -2.02. The number of rotatable bonds is 6. The molecule has 0 atom stereocenters. The highest BCUT2D eigenvalue weighted by Gasteiger charge is 2.11. The summed E-state index contributed by atoms with van der Waals surface area (Å²) in [5.74, 6) is 1.21. The van der Waals surface area contributed by atoms with Gasteiger partial charge in [0.15, 0.2) is 17.4 Å². The van der Waals surface area contributed by atoms with E-state index in [-0.39, 0.29) is 30.6 Å². The molecule has 0 bridgehead atoms. The third kappa shape index (κ3) is 5.63. The van der Waals surface area contributed by atoms with E-state index in [9.17, 15) is 0 Å². The van der Waals surface area contributed by atoms with Gasteiger partial charge < -0.3 is 25.7 Å². The predicted molar refractivity (Wildman–Crippen MR) is 117 cm³/mol. The Balaban J connectivity index is 0.00000210. The van der Waals surface area contributed by atoms with Crippen molar-refractivity contribution in [1.82, 2.24) is 5.16 Å². The highest BCUT2D eigenvalue weighted by atomic mass is 35.5. The number of amidine groups is 2. The molecule has 3 rings (SSSR count). The van der Waals surface area contributed by atoms with Crippen molar-refractivity contribution in [2.45, 2.75) is 0 Å². The lowest BCUT2D eigenvalue weighted by atomic mass is 10.1. The van der Waals surface area contributed by atoms with Crippen LogP contribution in [0.3, 0.4) is 0 Å². The van der Waals surface area contributed by atoms with E-state index < -0.39 is 0 Å². The van der Waals surface area contributed by atoms with Crippen molar-refractivity contribution in [1.29, 1.82) is 0 Å². The second-order valence-electron chi connectivity index (χ2n) is 5.55. The molecule has 0 fully saturated rings. The van der Waals surface area contributed by atoms with Crippen molar-refractivity contribution in [3.8, 4) is 22.6 Å². The summed E-state index contributed by atoms with van der Waals surface area (Å²) in [4.78, 5) is 9.39. The standard InChI is InChI=1S/C19H19N5O3.2ClH/c1-25-23-18(20)13-8-6-12(7-9-13)17-11-16(22-27-17)14-4-3-5-15(10-14)19(21)24-26-2;;/h3-11H,1-2H3,(H2,20,23)(H2,21,24);2*1H. The number of halogens is 2. The van der Waals surface area contributed by atoms with Crippen LogP contribution in [0.5, 0.6) is 0 Å². The average Bonchev–Trinajstić information content (AvgIpc) is 3.19. The minimum absolute atomic E-state index is 0. The maximum absolute atomic E-state index is 5.86. The number of benzene rings is 2. The number of oxime groups is 2. The molecule has 8 nitrogen and oxygen atoms in total. The molecule has 1 aromatic heterocycles. The third-order valence-electron chi connectivity index (χ3n) is 3.81. The fourth-order valence-corrected chi connectivity index (χ4v) is 2.49. The molecule has 3 aromatic rings. The van der Waals surface area contributed by atoms with Gasteiger partial charge in [-0.05, 0) is 6.07 Å². The van der Waals surface area contributed by atoms with Crippen molar-refractivity contribution in [2.24, 2.45) is 21.8 Å². The largest absolute Gasteiger partial charge is 0.397 e. The summed E-state index contributed by atoms with van der Waals surface area (Å²) >= 11 is 0. The van der Waals surface area contributed by atoms with Crippen LogP contribution in [0.1, 0.15) is 11.1 Å². The zero-order valence-corrected chi connectivity index (χ0v) is 17.4. The van der Waals surface area contributed by atoms with Crippen molar-refractivity contribution in [2.75, 3.05) is 14.2 Å². The molecular weight excluding hydrogens is 417 g/mol. The summed E-state index contributed by atoms with van der Waals surface area (Å²) in [5.41, 5.74) is 15.5. The van der Waals surface area contributed by atoms with E-state index in [1.54, 1.807) is 0 Å². The van der Waals surface area contributed by atoms with Crippen molar-refractivity contribution < 1.29 is 14.2 Å². The van der Waals surface area contributed by atoms with Gasteiger partial charge in [0.05, 0.1) is 0 Å². The maximum atomic E-state index is 5.86. The fraction of sp³-hybridized carbons (Fsp3) is 0.105. The van der Waals surface area contributed by atoms with Crippen LogP contribution in [-0.4, -0.2) is 31.0 Å². The Labute approximate surface area is 180 Å². The molecule has 0 aliphatic carbocycles. The van der Waals surface area contributed by atoms with E-state index in [4.69, 9.17) is 20.8 Å². The van der Waals surface area contributed by atoms with Gasteiger partial charge in [-0.3, -0.25) is 0 Å². The van der Waals surface area contributed by atoms with Gasteiger partial charge in [0, 0.05) is 28.3 Å². The van der Waals surface area contributed by atoms with E-state index in [2.05, 4.69) is 20.3 Å². The molecule has 1 heterocycles. The van der Waals surface area contributed by atoms with Gasteiger partial charge in [-0.25, -0.2) is 0 Å². The quantitative estimate of drug-likeness (QED) is 0.346. The number of nitrogens with two attached hydrogens (primary N) is 2. The first kappa shape index (κ1) is 23.8. The maximum Gasteiger partial charge on any atom is 0.170 e. The Morgan fingerprint density at radius 1 is 0.828 bits per heavy atom. The lowest BCUT2D eigenvalue weighted by molar-refractivity contribution is 0.213. The van der Waals surface area contributed by atoms with E-state index in [1.807, 2.05) is 54.6 Å². The van der Waals surface area contributed by atoms with E-state index in [1.165, 1.54) is 14.2 Å². The Kier molecular flexibility index (Phi) is 8.98. The molecule has 29 heavy (non-hydrogen) atoms. The first-order valence-corrected chi connectivity index (χ1v) is 8.04. The zero-order chi connectivity index (χ0) is 19.2. The first-order valence-electron chi connectivity index (χ1n) is 8.04. The number of aromatic nitrogens is 1. The highest BCUT2D eigenvalue weighted by Crippen LogP contribution is 2.26. The van der Waals surface area contributed by atoms with E-state index in [0.29, 0.717) is 17.3 Å². The molecule has 0 spiro atoms. The third-order valence-corrected chi connectivity index (χ3v) is 3.81. The van der Waals surface area contributed by atoms with Crippen LogP contribution in [0.15, 0.2) is 69.4 Å². The average molecular weight is 438 g/mol. The molecule has 0 saturated carbocycles. The summed E-state index contributed by atoms with van der Waals surface area (Å²) in [6.45, 7) is 0. The molecule has 0 radical (unpaired) electrons. The second-order valence-corrected chi connectivity index (χ2v) is 5.55. The topological polar surface area (TPSA) is 121 Å². The Morgan fingerprint density at radius 2 is 1.45 bits per heavy atom. The highest BCUT2D eigenvalue weighted by molar-refractivity contribution is 5.98.